The highest BCUT2D eigenvalue weighted by molar-refractivity contribution is 7.19. The van der Waals surface area contributed by atoms with Crippen molar-refractivity contribution >= 4 is 21.4 Å². The van der Waals surface area contributed by atoms with Crippen LogP contribution in [0.25, 0.3) is 10.1 Å². The van der Waals surface area contributed by atoms with Gasteiger partial charge in [-0.05, 0) is 43.5 Å². The minimum Gasteiger partial charge on any atom is -0.312 e. The van der Waals surface area contributed by atoms with Crippen molar-refractivity contribution in [3.63, 3.8) is 0 Å². The van der Waals surface area contributed by atoms with E-state index in [1.54, 1.807) is 5.56 Å². The molecule has 1 fully saturated rings. The van der Waals surface area contributed by atoms with E-state index in [9.17, 15) is 0 Å². The summed E-state index contributed by atoms with van der Waals surface area (Å²) in [5.41, 5.74) is 1.55. The molecule has 2 aromatic rings. The highest BCUT2D eigenvalue weighted by Crippen LogP contribution is 2.33. The smallest absolute Gasteiger partial charge is 0.0349 e. The summed E-state index contributed by atoms with van der Waals surface area (Å²) in [7, 11) is 2.31. The Kier molecular flexibility index (Phi) is 4.94. The molecule has 0 spiro atoms. The van der Waals surface area contributed by atoms with Crippen LogP contribution in [0.1, 0.15) is 43.0 Å². The van der Waals surface area contributed by atoms with Gasteiger partial charge in [-0.3, -0.25) is 4.90 Å². The summed E-state index contributed by atoms with van der Waals surface area (Å²) in [5, 5.41) is 4.96. The lowest BCUT2D eigenvalue weighted by atomic mass is 10.1. The van der Waals surface area contributed by atoms with Crippen LogP contribution in [0.4, 0.5) is 0 Å². The molecule has 1 aromatic carbocycles. The molecule has 114 valence electrons. The Bertz CT molecular complexity index is 584. The maximum Gasteiger partial charge on any atom is 0.0349 e. The van der Waals surface area contributed by atoms with Crippen LogP contribution < -0.4 is 5.32 Å². The average molecular weight is 302 g/mol. The molecule has 0 radical (unpaired) electrons. The lowest BCUT2D eigenvalue weighted by molar-refractivity contribution is 0.238. The van der Waals surface area contributed by atoms with Gasteiger partial charge in [0.15, 0.2) is 0 Å². The lowest BCUT2D eigenvalue weighted by Crippen LogP contribution is -2.29. The first-order valence-corrected chi connectivity index (χ1v) is 9.01. The molecule has 1 saturated carbocycles. The van der Waals surface area contributed by atoms with E-state index >= 15 is 0 Å². The van der Waals surface area contributed by atoms with Gasteiger partial charge in [-0.1, -0.05) is 38.0 Å². The molecule has 0 amide bonds. The maximum absolute atomic E-state index is 3.50. The van der Waals surface area contributed by atoms with E-state index in [1.165, 1.54) is 40.6 Å². The third-order valence-corrected chi connectivity index (χ3v) is 5.89. The van der Waals surface area contributed by atoms with Crippen LogP contribution in [0.2, 0.25) is 0 Å². The number of nitrogens with one attached hydrogen (secondary N) is 1. The van der Waals surface area contributed by atoms with Gasteiger partial charge in [0.2, 0.25) is 0 Å². The number of benzene rings is 1. The van der Waals surface area contributed by atoms with Gasteiger partial charge in [-0.15, -0.1) is 11.3 Å². The monoisotopic (exact) mass is 302 g/mol. The second kappa shape index (κ2) is 6.91. The molecule has 0 aliphatic heterocycles. The summed E-state index contributed by atoms with van der Waals surface area (Å²) in [6, 6.07) is 9.66. The van der Waals surface area contributed by atoms with Crippen molar-refractivity contribution in [2.75, 3.05) is 13.6 Å². The molecule has 0 atom stereocenters. The zero-order valence-corrected chi connectivity index (χ0v) is 14.0. The normalized spacial score (nSPS) is 16.3. The number of hydrogen-bond acceptors (Lipinski definition) is 3. The van der Waals surface area contributed by atoms with Crippen LogP contribution >= 0.6 is 11.3 Å². The molecule has 1 N–H and O–H groups in total. The number of fused-ring (bicyclic) bond motifs is 1. The van der Waals surface area contributed by atoms with Crippen LogP contribution in [-0.4, -0.2) is 24.5 Å². The van der Waals surface area contributed by atoms with E-state index in [4.69, 9.17) is 0 Å². The third-order valence-electron chi connectivity index (χ3n) is 4.67. The predicted molar refractivity (Wildman–Crippen MR) is 92.9 cm³/mol. The van der Waals surface area contributed by atoms with Crippen molar-refractivity contribution in [3.8, 4) is 0 Å². The van der Waals surface area contributed by atoms with Crippen LogP contribution in [-0.2, 0) is 13.1 Å². The van der Waals surface area contributed by atoms with Gasteiger partial charge in [0.1, 0.15) is 0 Å². The highest BCUT2D eigenvalue weighted by Gasteiger charge is 2.21. The van der Waals surface area contributed by atoms with E-state index in [2.05, 4.69) is 48.5 Å². The van der Waals surface area contributed by atoms with E-state index in [0.717, 1.165) is 25.7 Å². The number of thiophene rings is 1. The summed E-state index contributed by atoms with van der Waals surface area (Å²) in [6.07, 6.45) is 5.56. The molecule has 0 unspecified atom stereocenters. The minimum absolute atomic E-state index is 0.788. The quantitative estimate of drug-likeness (QED) is 0.851. The Hall–Kier alpha value is -0.900. The molecule has 0 saturated heterocycles. The summed E-state index contributed by atoms with van der Waals surface area (Å²) in [5.74, 6) is 0. The zero-order valence-electron chi connectivity index (χ0n) is 13.2. The third kappa shape index (κ3) is 3.31. The van der Waals surface area contributed by atoms with Crippen LogP contribution in [0.5, 0.6) is 0 Å². The number of rotatable bonds is 6. The van der Waals surface area contributed by atoms with Gasteiger partial charge < -0.3 is 5.32 Å². The molecule has 0 bridgehead atoms. The lowest BCUT2D eigenvalue weighted by Gasteiger charge is -2.24. The van der Waals surface area contributed by atoms with Gasteiger partial charge in [-0.25, -0.2) is 0 Å². The van der Waals surface area contributed by atoms with Crippen molar-refractivity contribution < 1.29 is 0 Å². The zero-order chi connectivity index (χ0) is 14.7. The van der Waals surface area contributed by atoms with Gasteiger partial charge in [0, 0.05) is 28.7 Å². The van der Waals surface area contributed by atoms with Gasteiger partial charge >= 0.3 is 0 Å². The van der Waals surface area contributed by atoms with Crippen LogP contribution in [0.15, 0.2) is 24.3 Å². The second-order valence-corrected chi connectivity index (χ2v) is 7.27. The second-order valence-electron chi connectivity index (χ2n) is 6.13. The fourth-order valence-electron chi connectivity index (χ4n) is 3.43. The molecule has 1 aliphatic carbocycles. The van der Waals surface area contributed by atoms with Crippen molar-refractivity contribution in [1.82, 2.24) is 10.2 Å². The Labute approximate surface area is 132 Å². The Morgan fingerprint density at radius 2 is 2.00 bits per heavy atom. The predicted octanol–water partition coefficient (Wildman–Crippen LogP) is 4.39. The van der Waals surface area contributed by atoms with Gasteiger partial charge in [-0.2, -0.15) is 0 Å². The van der Waals surface area contributed by atoms with E-state index in [1.807, 2.05) is 11.3 Å². The van der Waals surface area contributed by atoms with Gasteiger partial charge in [0.05, 0.1) is 0 Å². The van der Waals surface area contributed by atoms with Crippen molar-refractivity contribution in [3.05, 3.63) is 34.7 Å². The Morgan fingerprint density at radius 1 is 1.24 bits per heavy atom. The van der Waals surface area contributed by atoms with Crippen molar-refractivity contribution in [2.45, 2.75) is 51.7 Å². The molecule has 1 heterocycles. The SMILES string of the molecule is CCNCc1sc2ccccc2c1CN(C)C1CCCC1. The van der Waals surface area contributed by atoms with Crippen molar-refractivity contribution in [2.24, 2.45) is 0 Å². The minimum atomic E-state index is 0.788. The maximum atomic E-state index is 3.50. The molecular formula is C18H26N2S. The van der Waals surface area contributed by atoms with Crippen LogP contribution in [0.3, 0.4) is 0 Å². The first kappa shape index (κ1) is 15.0. The first-order valence-electron chi connectivity index (χ1n) is 8.20. The fraction of sp³-hybridized carbons (Fsp3) is 0.556. The topological polar surface area (TPSA) is 15.3 Å². The summed E-state index contributed by atoms with van der Waals surface area (Å²) in [4.78, 5) is 4.10. The molecule has 3 heteroatoms. The molecule has 3 rings (SSSR count). The van der Waals surface area contributed by atoms with E-state index < -0.39 is 0 Å². The van der Waals surface area contributed by atoms with Crippen molar-refractivity contribution in [1.29, 1.82) is 0 Å². The fourth-order valence-corrected chi connectivity index (χ4v) is 4.61. The Balaban J connectivity index is 1.86. The molecule has 1 aromatic heterocycles. The standard InChI is InChI=1S/C18H26N2S/c1-3-19-12-18-16(13-20(2)14-8-4-5-9-14)15-10-6-7-11-17(15)21-18/h6-7,10-11,14,19H,3-5,8-9,12-13H2,1-2H3. The molecule has 1 aliphatic rings. The summed E-state index contributed by atoms with van der Waals surface area (Å²) in [6.45, 7) is 5.31. The largest absolute Gasteiger partial charge is 0.312 e. The summed E-state index contributed by atoms with van der Waals surface area (Å²) >= 11 is 1.96. The molecular weight excluding hydrogens is 276 g/mol. The molecule has 2 nitrogen and oxygen atoms in total. The molecule has 21 heavy (non-hydrogen) atoms. The van der Waals surface area contributed by atoms with Crippen LogP contribution in [0, 0.1) is 0 Å². The number of nitrogens with zero attached hydrogens (tertiary/aromatic N) is 1. The Morgan fingerprint density at radius 3 is 2.76 bits per heavy atom. The van der Waals surface area contributed by atoms with E-state index in [-0.39, 0.29) is 0 Å². The first-order chi connectivity index (χ1) is 10.3. The van der Waals surface area contributed by atoms with E-state index in [0.29, 0.717) is 0 Å². The average Bonchev–Trinajstić information content (AvgIpc) is 3.14. The van der Waals surface area contributed by atoms with Gasteiger partial charge in [0.25, 0.3) is 0 Å². The highest BCUT2D eigenvalue weighted by atomic mass is 32.1. The summed E-state index contributed by atoms with van der Waals surface area (Å²) < 4.78 is 1.43. The number of hydrogen-bond donors (Lipinski definition) is 1.